The van der Waals surface area contributed by atoms with Crippen LogP contribution in [0.5, 0.6) is 0 Å². The monoisotopic (exact) mass is 476 g/mol. The third kappa shape index (κ3) is 3.63. The van der Waals surface area contributed by atoms with E-state index in [1.807, 2.05) is 18.2 Å². The fourth-order valence-corrected chi connectivity index (χ4v) is 5.41. The SMILES string of the molecule is NC1=NC(c2c(Cl)cc3c4c(cccc24)COC3)=NC(Sc2cc(Cl)ccc2Cl)N1. The number of benzene rings is 3. The van der Waals surface area contributed by atoms with Gasteiger partial charge in [0.1, 0.15) is 0 Å². The molecule has 3 aromatic rings. The zero-order chi connectivity index (χ0) is 20.8. The first kappa shape index (κ1) is 20.0. The molecule has 5 rings (SSSR count). The van der Waals surface area contributed by atoms with E-state index in [-0.39, 0.29) is 5.96 Å². The highest BCUT2D eigenvalue weighted by molar-refractivity contribution is 8.00. The quantitative estimate of drug-likeness (QED) is 0.517. The number of nitrogens with one attached hydrogen (secondary N) is 1. The molecule has 1 unspecified atom stereocenters. The fraction of sp³-hybridized carbons (Fsp3) is 0.143. The van der Waals surface area contributed by atoms with Crippen molar-refractivity contribution in [3.63, 3.8) is 0 Å². The lowest BCUT2D eigenvalue weighted by atomic mass is 9.94. The molecule has 152 valence electrons. The van der Waals surface area contributed by atoms with E-state index in [9.17, 15) is 0 Å². The smallest absolute Gasteiger partial charge is 0.197 e. The molecule has 0 aromatic heterocycles. The van der Waals surface area contributed by atoms with Crippen LogP contribution in [0, 0.1) is 0 Å². The molecule has 1 atom stereocenters. The van der Waals surface area contributed by atoms with Crippen molar-refractivity contribution in [2.75, 3.05) is 0 Å². The number of nitrogens with two attached hydrogens (primary N) is 1. The van der Waals surface area contributed by atoms with Crippen molar-refractivity contribution in [1.82, 2.24) is 5.32 Å². The Morgan fingerprint density at radius 2 is 1.87 bits per heavy atom. The third-order valence-electron chi connectivity index (χ3n) is 4.89. The van der Waals surface area contributed by atoms with Gasteiger partial charge >= 0.3 is 0 Å². The molecule has 3 aromatic carbocycles. The predicted octanol–water partition coefficient (Wildman–Crippen LogP) is 5.57. The van der Waals surface area contributed by atoms with E-state index < -0.39 is 5.50 Å². The molecule has 2 aliphatic rings. The van der Waals surface area contributed by atoms with Crippen molar-refractivity contribution in [1.29, 1.82) is 0 Å². The Balaban J connectivity index is 1.61. The van der Waals surface area contributed by atoms with E-state index in [0.29, 0.717) is 34.1 Å². The predicted molar refractivity (Wildman–Crippen MR) is 125 cm³/mol. The molecule has 2 heterocycles. The molecular weight excluding hydrogens is 463 g/mol. The van der Waals surface area contributed by atoms with Crippen LogP contribution in [0.1, 0.15) is 16.7 Å². The van der Waals surface area contributed by atoms with Crippen LogP contribution in [0.15, 0.2) is 57.3 Å². The van der Waals surface area contributed by atoms with Crippen molar-refractivity contribution in [3.05, 3.63) is 74.2 Å². The minimum absolute atomic E-state index is 0.260. The van der Waals surface area contributed by atoms with Gasteiger partial charge in [0, 0.05) is 15.5 Å². The Bertz CT molecular complexity index is 1240. The number of amidine groups is 1. The van der Waals surface area contributed by atoms with Crippen LogP contribution in [-0.4, -0.2) is 17.3 Å². The van der Waals surface area contributed by atoms with Gasteiger partial charge in [-0.3, -0.25) is 0 Å². The first-order chi connectivity index (χ1) is 14.5. The average molecular weight is 478 g/mol. The molecule has 5 nitrogen and oxygen atoms in total. The van der Waals surface area contributed by atoms with E-state index in [1.54, 1.807) is 18.2 Å². The van der Waals surface area contributed by atoms with Crippen molar-refractivity contribution in [2.24, 2.45) is 15.7 Å². The lowest BCUT2D eigenvalue weighted by Crippen LogP contribution is -2.41. The lowest BCUT2D eigenvalue weighted by Gasteiger charge is -2.24. The number of nitrogens with zero attached hydrogens (tertiary/aromatic N) is 2. The first-order valence-electron chi connectivity index (χ1n) is 9.11. The largest absolute Gasteiger partial charge is 0.372 e. The fourth-order valence-electron chi connectivity index (χ4n) is 3.66. The number of hydrogen-bond acceptors (Lipinski definition) is 6. The molecule has 3 N–H and O–H groups in total. The standard InChI is InChI=1S/C21H15Cl3N4OS/c22-12-4-5-14(23)16(7-12)30-21-27-19(26-20(25)28-21)18-13-3-1-2-10-8-29-9-11(17(10)13)6-15(18)24/h1-7,21H,8-9H2,(H3,25,26,27,28). The second kappa shape index (κ2) is 7.94. The van der Waals surface area contributed by atoms with Crippen LogP contribution in [-0.2, 0) is 18.0 Å². The summed E-state index contributed by atoms with van der Waals surface area (Å²) in [4.78, 5) is 10.0. The zero-order valence-electron chi connectivity index (χ0n) is 15.5. The Morgan fingerprint density at radius 3 is 2.73 bits per heavy atom. The highest BCUT2D eigenvalue weighted by Crippen LogP contribution is 2.37. The Labute approximate surface area is 192 Å². The van der Waals surface area contributed by atoms with Gasteiger partial charge in [0.25, 0.3) is 0 Å². The molecule has 0 radical (unpaired) electrons. The highest BCUT2D eigenvalue weighted by Gasteiger charge is 2.24. The number of thioether (sulfide) groups is 1. The molecule has 0 amide bonds. The summed E-state index contributed by atoms with van der Waals surface area (Å²) in [7, 11) is 0. The van der Waals surface area contributed by atoms with E-state index in [2.05, 4.69) is 16.4 Å². The van der Waals surface area contributed by atoms with Crippen molar-refractivity contribution >= 4 is 69.1 Å². The molecule has 0 fully saturated rings. The molecule has 9 heteroatoms. The summed E-state index contributed by atoms with van der Waals surface area (Å²) < 4.78 is 5.67. The molecule has 0 aliphatic carbocycles. The van der Waals surface area contributed by atoms with Crippen molar-refractivity contribution in [3.8, 4) is 0 Å². The third-order valence-corrected chi connectivity index (χ3v) is 6.90. The summed E-state index contributed by atoms with van der Waals surface area (Å²) in [6, 6.07) is 13.3. The molecular formula is C21H15Cl3N4OS. The van der Waals surface area contributed by atoms with Gasteiger partial charge in [0.2, 0.25) is 0 Å². The van der Waals surface area contributed by atoms with Gasteiger partial charge in [-0.1, -0.05) is 64.8 Å². The summed E-state index contributed by atoms with van der Waals surface area (Å²) in [5.74, 6) is 0.734. The number of aliphatic imine (C=N–C) groups is 2. The maximum absolute atomic E-state index is 6.69. The number of ether oxygens (including phenoxy) is 1. The van der Waals surface area contributed by atoms with Crippen LogP contribution >= 0.6 is 46.6 Å². The van der Waals surface area contributed by atoms with Gasteiger partial charge in [-0.2, -0.15) is 4.99 Å². The minimum atomic E-state index is -0.432. The zero-order valence-corrected chi connectivity index (χ0v) is 18.5. The van der Waals surface area contributed by atoms with Crippen LogP contribution in [0.3, 0.4) is 0 Å². The Morgan fingerprint density at radius 1 is 1.03 bits per heavy atom. The Hall–Kier alpha value is -1.96. The van der Waals surface area contributed by atoms with E-state index >= 15 is 0 Å². The van der Waals surface area contributed by atoms with E-state index in [0.717, 1.165) is 32.4 Å². The summed E-state index contributed by atoms with van der Waals surface area (Å²) in [6.07, 6.45) is 0. The molecule has 2 aliphatic heterocycles. The summed E-state index contributed by atoms with van der Waals surface area (Å²) in [6.45, 7) is 1.09. The highest BCUT2D eigenvalue weighted by atomic mass is 35.5. The number of rotatable bonds is 3. The summed E-state index contributed by atoms with van der Waals surface area (Å²) in [5, 5.41) is 6.93. The maximum Gasteiger partial charge on any atom is 0.197 e. The van der Waals surface area contributed by atoms with Gasteiger partial charge < -0.3 is 15.8 Å². The Kier molecular flexibility index (Phi) is 5.29. The van der Waals surface area contributed by atoms with E-state index in [4.69, 9.17) is 50.3 Å². The number of halogens is 3. The van der Waals surface area contributed by atoms with Gasteiger partial charge in [0.15, 0.2) is 17.3 Å². The molecule has 0 bridgehead atoms. The summed E-state index contributed by atoms with van der Waals surface area (Å²) >= 11 is 20.5. The van der Waals surface area contributed by atoms with Crippen molar-refractivity contribution in [2.45, 2.75) is 23.6 Å². The molecule has 0 saturated heterocycles. The van der Waals surface area contributed by atoms with Gasteiger partial charge in [0.05, 0.1) is 23.3 Å². The number of hydrogen-bond donors (Lipinski definition) is 2. The maximum atomic E-state index is 6.69. The van der Waals surface area contributed by atoms with Gasteiger partial charge in [-0.25, -0.2) is 4.99 Å². The minimum Gasteiger partial charge on any atom is -0.372 e. The van der Waals surface area contributed by atoms with Crippen molar-refractivity contribution < 1.29 is 4.74 Å². The number of guanidine groups is 1. The molecule has 0 saturated carbocycles. The molecule has 30 heavy (non-hydrogen) atoms. The molecule has 0 spiro atoms. The summed E-state index contributed by atoms with van der Waals surface area (Å²) in [5.41, 5.74) is 8.59. The van der Waals surface area contributed by atoms with Crippen LogP contribution < -0.4 is 11.1 Å². The second-order valence-corrected chi connectivity index (χ2v) is 9.24. The van der Waals surface area contributed by atoms with Gasteiger partial charge in [-0.15, -0.1) is 0 Å². The lowest BCUT2D eigenvalue weighted by molar-refractivity contribution is 0.103. The topological polar surface area (TPSA) is 72.0 Å². The van der Waals surface area contributed by atoms with Gasteiger partial charge in [-0.05, 0) is 46.2 Å². The first-order valence-corrected chi connectivity index (χ1v) is 11.1. The van der Waals surface area contributed by atoms with Crippen LogP contribution in [0.25, 0.3) is 10.8 Å². The average Bonchev–Trinajstić information content (AvgIpc) is 2.71. The second-order valence-electron chi connectivity index (χ2n) is 6.86. The normalized spacial score (nSPS) is 18.0. The van der Waals surface area contributed by atoms with Crippen LogP contribution in [0.4, 0.5) is 0 Å². The van der Waals surface area contributed by atoms with E-state index in [1.165, 1.54) is 11.8 Å². The van der Waals surface area contributed by atoms with Crippen LogP contribution in [0.2, 0.25) is 15.1 Å².